The Labute approximate surface area is 110 Å². The van der Waals surface area contributed by atoms with E-state index in [1.54, 1.807) is 7.11 Å². The van der Waals surface area contributed by atoms with Crippen molar-refractivity contribution in [2.75, 3.05) is 46.6 Å². The van der Waals surface area contributed by atoms with Crippen LogP contribution in [-0.4, -0.2) is 63.9 Å². The quantitative estimate of drug-likeness (QED) is 0.630. The Morgan fingerprint density at radius 3 is 2.61 bits per heavy atom. The molecule has 108 valence electrons. The van der Waals surface area contributed by atoms with Crippen molar-refractivity contribution in [2.45, 2.75) is 32.0 Å². The average Bonchev–Trinajstić information content (AvgIpc) is 2.38. The number of piperidine rings is 1. The summed E-state index contributed by atoms with van der Waals surface area (Å²) in [5.74, 6) is 0.631. The number of nitrogens with one attached hydrogen (secondary N) is 1. The van der Waals surface area contributed by atoms with Gasteiger partial charge in [-0.15, -0.1) is 0 Å². The van der Waals surface area contributed by atoms with E-state index in [-0.39, 0.29) is 6.10 Å². The lowest BCUT2D eigenvalue weighted by molar-refractivity contribution is -0.0608. The van der Waals surface area contributed by atoms with Crippen LogP contribution >= 0.6 is 0 Å². The van der Waals surface area contributed by atoms with Crippen LogP contribution in [0.15, 0.2) is 0 Å². The molecular weight excluding hydrogens is 234 g/mol. The average molecular weight is 261 g/mol. The number of aliphatic hydroxyl groups excluding tert-OH is 1. The van der Waals surface area contributed by atoms with E-state index < -0.39 is 6.10 Å². The fraction of sp³-hybridized carbons (Fsp3) is 1.00. The van der Waals surface area contributed by atoms with Gasteiger partial charge < -0.3 is 24.6 Å². The Morgan fingerprint density at radius 1 is 1.22 bits per heavy atom. The molecule has 2 N–H and O–H groups in total. The van der Waals surface area contributed by atoms with Crippen molar-refractivity contribution in [3.05, 3.63) is 0 Å². The van der Waals surface area contributed by atoms with Gasteiger partial charge in [-0.2, -0.15) is 0 Å². The van der Waals surface area contributed by atoms with Crippen LogP contribution in [0.25, 0.3) is 0 Å². The lowest BCUT2D eigenvalue weighted by atomic mass is 9.99. The number of methoxy groups -OCH3 is 1. The predicted molar refractivity (Wildman–Crippen MR) is 69.7 cm³/mol. The number of ether oxygens (including phenoxy) is 3. The maximum absolute atomic E-state index is 9.69. The van der Waals surface area contributed by atoms with Gasteiger partial charge in [0.25, 0.3) is 0 Å². The summed E-state index contributed by atoms with van der Waals surface area (Å²) in [6, 6.07) is 0. The lowest BCUT2D eigenvalue weighted by Gasteiger charge is -2.23. The second-order valence-electron chi connectivity index (χ2n) is 4.98. The number of rotatable bonds is 9. The van der Waals surface area contributed by atoms with Crippen LogP contribution in [0, 0.1) is 5.92 Å². The molecule has 2 atom stereocenters. The zero-order valence-electron chi connectivity index (χ0n) is 11.6. The molecule has 5 heteroatoms. The van der Waals surface area contributed by atoms with Gasteiger partial charge in [-0.1, -0.05) is 0 Å². The summed E-state index contributed by atoms with van der Waals surface area (Å²) in [4.78, 5) is 0. The molecule has 1 aliphatic heterocycles. The maximum atomic E-state index is 9.69. The van der Waals surface area contributed by atoms with E-state index in [2.05, 4.69) is 5.32 Å². The van der Waals surface area contributed by atoms with Gasteiger partial charge in [-0.05, 0) is 38.8 Å². The summed E-state index contributed by atoms with van der Waals surface area (Å²) >= 11 is 0. The summed E-state index contributed by atoms with van der Waals surface area (Å²) in [5, 5.41) is 13.0. The summed E-state index contributed by atoms with van der Waals surface area (Å²) in [7, 11) is 1.64. The van der Waals surface area contributed by atoms with Crippen molar-refractivity contribution in [2.24, 2.45) is 5.92 Å². The van der Waals surface area contributed by atoms with Crippen molar-refractivity contribution < 1.29 is 19.3 Å². The van der Waals surface area contributed by atoms with Crippen LogP contribution in [-0.2, 0) is 14.2 Å². The second kappa shape index (κ2) is 9.69. The van der Waals surface area contributed by atoms with E-state index in [9.17, 15) is 5.11 Å². The van der Waals surface area contributed by atoms with Crippen molar-refractivity contribution >= 4 is 0 Å². The van der Waals surface area contributed by atoms with E-state index in [1.807, 2.05) is 6.92 Å². The van der Waals surface area contributed by atoms with E-state index in [4.69, 9.17) is 14.2 Å². The highest BCUT2D eigenvalue weighted by Crippen LogP contribution is 2.11. The summed E-state index contributed by atoms with van der Waals surface area (Å²) in [6.07, 6.45) is 1.79. The molecule has 0 radical (unpaired) electrons. The van der Waals surface area contributed by atoms with Gasteiger partial charge in [-0.25, -0.2) is 0 Å². The minimum Gasteiger partial charge on any atom is -0.388 e. The molecular formula is C13H27NO4. The van der Waals surface area contributed by atoms with Crippen LogP contribution in [0.5, 0.6) is 0 Å². The Kier molecular flexibility index (Phi) is 8.54. The Morgan fingerprint density at radius 2 is 1.94 bits per heavy atom. The SMILES string of the molecule is COCC(C)OCC(O)COCC1CCNCC1. The third kappa shape index (κ3) is 7.28. The summed E-state index contributed by atoms with van der Waals surface area (Å²) < 4.78 is 15.9. The molecule has 2 unspecified atom stereocenters. The largest absolute Gasteiger partial charge is 0.388 e. The first-order valence-corrected chi connectivity index (χ1v) is 6.79. The van der Waals surface area contributed by atoms with Gasteiger partial charge in [0.05, 0.1) is 25.9 Å². The predicted octanol–water partition coefficient (Wildman–Crippen LogP) is 0.415. The third-order valence-electron chi connectivity index (χ3n) is 3.10. The van der Waals surface area contributed by atoms with E-state index in [1.165, 1.54) is 0 Å². The van der Waals surface area contributed by atoms with Crippen molar-refractivity contribution in [1.29, 1.82) is 0 Å². The fourth-order valence-corrected chi connectivity index (χ4v) is 2.03. The van der Waals surface area contributed by atoms with Gasteiger partial charge in [0.15, 0.2) is 0 Å². The van der Waals surface area contributed by atoms with Gasteiger partial charge in [0.1, 0.15) is 6.10 Å². The van der Waals surface area contributed by atoms with Crippen LogP contribution < -0.4 is 5.32 Å². The summed E-state index contributed by atoms with van der Waals surface area (Å²) in [5.41, 5.74) is 0. The van der Waals surface area contributed by atoms with E-state index in [0.717, 1.165) is 32.5 Å². The molecule has 0 aromatic heterocycles. The molecule has 0 aromatic rings. The normalized spacial score (nSPS) is 20.8. The van der Waals surface area contributed by atoms with Crippen molar-refractivity contribution in [3.8, 4) is 0 Å². The third-order valence-corrected chi connectivity index (χ3v) is 3.10. The number of hydrogen-bond donors (Lipinski definition) is 2. The lowest BCUT2D eigenvalue weighted by Crippen LogP contribution is -2.31. The molecule has 0 bridgehead atoms. The van der Waals surface area contributed by atoms with Crippen LogP contribution in [0.1, 0.15) is 19.8 Å². The highest BCUT2D eigenvalue weighted by molar-refractivity contribution is 4.68. The monoisotopic (exact) mass is 261 g/mol. The fourth-order valence-electron chi connectivity index (χ4n) is 2.03. The molecule has 1 saturated heterocycles. The molecule has 1 aliphatic rings. The zero-order chi connectivity index (χ0) is 13.2. The standard InChI is InChI=1S/C13H27NO4/c1-11(7-16-2)18-10-13(15)9-17-8-12-3-5-14-6-4-12/h11-15H,3-10H2,1-2H3. The Balaban J connectivity index is 1.97. The molecule has 0 saturated carbocycles. The summed E-state index contributed by atoms with van der Waals surface area (Å²) in [6.45, 7) is 6.02. The molecule has 0 amide bonds. The highest BCUT2D eigenvalue weighted by atomic mass is 16.5. The Bertz CT molecular complexity index is 197. The van der Waals surface area contributed by atoms with Gasteiger partial charge in [0.2, 0.25) is 0 Å². The number of aliphatic hydroxyl groups is 1. The molecule has 0 aliphatic carbocycles. The molecule has 0 aromatic carbocycles. The molecule has 18 heavy (non-hydrogen) atoms. The van der Waals surface area contributed by atoms with E-state index >= 15 is 0 Å². The first kappa shape index (κ1) is 15.9. The minimum absolute atomic E-state index is 0.00840. The van der Waals surface area contributed by atoms with Crippen molar-refractivity contribution in [3.63, 3.8) is 0 Å². The van der Waals surface area contributed by atoms with Crippen molar-refractivity contribution in [1.82, 2.24) is 5.32 Å². The topological polar surface area (TPSA) is 60.0 Å². The van der Waals surface area contributed by atoms with Gasteiger partial charge >= 0.3 is 0 Å². The second-order valence-corrected chi connectivity index (χ2v) is 4.98. The van der Waals surface area contributed by atoms with Gasteiger partial charge in [-0.3, -0.25) is 0 Å². The number of hydrogen-bond acceptors (Lipinski definition) is 5. The maximum Gasteiger partial charge on any atom is 0.101 e. The first-order chi connectivity index (χ1) is 8.72. The molecule has 0 spiro atoms. The van der Waals surface area contributed by atoms with Crippen LogP contribution in [0.4, 0.5) is 0 Å². The molecule has 5 nitrogen and oxygen atoms in total. The Hall–Kier alpha value is -0.200. The minimum atomic E-state index is -0.550. The van der Waals surface area contributed by atoms with Crippen LogP contribution in [0.2, 0.25) is 0 Å². The molecule has 1 rings (SSSR count). The van der Waals surface area contributed by atoms with E-state index in [0.29, 0.717) is 25.7 Å². The first-order valence-electron chi connectivity index (χ1n) is 6.79. The zero-order valence-corrected chi connectivity index (χ0v) is 11.6. The molecule has 1 heterocycles. The highest BCUT2D eigenvalue weighted by Gasteiger charge is 2.14. The van der Waals surface area contributed by atoms with Crippen LogP contribution in [0.3, 0.4) is 0 Å². The smallest absolute Gasteiger partial charge is 0.101 e. The molecule has 1 fully saturated rings. The van der Waals surface area contributed by atoms with Gasteiger partial charge in [0, 0.05) is 13.7 Å².